The van der Waals surface area contributed by atoms with Crippen molar-refractivity contribution in [2.75, 3.05) is 25.1 Å². The number of aromatic amines is 2. The molecule has 0 bridgehead atoms. The zero-order valence-corrected chi connectivity index (χ0v) is 20.6. The van der Waals surface area contributed by atoms with Crippen LogP contribution in [0.1, 0.15) is 51.6 Å². The van der Waals surface area contributed by atoms with E-state index in [1.54, 1.807) is 24.3 Å². The van der Waals surface area contributed by atoms with Gasteiger partial charge in [-0.15, -0.1) is 0 Å². The topological polar surface area (TPSA) is 130 Å². The van der Waals surface area contributed by atoms with Crippen LogP contribution in [0.5, 0.6) is 0 Å². The number of H-pyrrole nitrogens is 2. The SMILES string of the molecule is C=C(c1ccc(C(=O)OC)cc1)c1n[nH]c2nc(N3CCC4(CC3)Cc3ccccc3[C@H]4N)[nH]c(=O)c12. The third-order valence-corrected chi connectivity index (χ3v) is 8.01. The van der Waals surface area contributed by atoms with E-state index in [-0.39, 0.29) is 17.0 Å². The molecule has 1 aliphatic heterocycles. The second-order valence-electron chi connectivity index (χ2n) is 9.94. The van der Waals surface area contributed by atoms with Crippen molar-refractivity contribution in [1.82, 2.24) is 20.2 Å². The molecule has 9 nitrogen and oxygen atoms in total. The molecule has 0 unspecified atom stereocenters. The first-order chi connectivity index (χ1) is 17.9. The first kappa shape index (κ1) is 23.2. The van der Waals surface area contributed by atoms with Gasteiger partial charge in [-0.05, 0) is 53.5 Å². The van der Waals surface area contributed by atoms with Crippen molar-refractivity contribution in [3.8, 4) is 0 Å². The summed E-state index contributed by atoms with van der Waals surface area (Å²) in [6.07, 6.45) is 2.85. The number of piperidine rings is 1. The van der Waals surface area contributed by atoms with Gasteiger partial charge < -0.3 is 15.4 Å². The fourth-order valence-corrected chi connectivity index (χ4v) is 5.83. The number of aromatic nitrogens is 4. The number of carbonyl (C=O) groups is 1. The molecule has 0 amide bonds. The molecule has 0 saturated carbocycles. The minimum Gasteiger partial charge on any atom is -0.465 e. The third kappa shape index (κ3) is 3.74. The zero-order chi connectivity index (χ0) is 25.7. The van der Waals surface area contributed by atoms with Crippen molar-refractivity contribution in [3.63, 3.8) is 0 Å². The van der Waals surface area contributed by atoms with E-state index in [4.69, 9.17) is 15.5 Å². The van der Waals surface area contributed by atoms with Crippen LogP contribution < -0.4 is 16.2 Å². The first-order valence-electron chi connectivity index (χ1n) is 12.3. The van der Waals surface area contributed by atoms with Crippen LogP contribution in [0.4, 0.5) is 5.95 Å². The summed E-state index contributed by atoms with van der Waals surface area (Å²) < 4.78 is 4.75. The molecule has 2 aromatic carbocycles. The van der Waals surface area contributed by atoms with Crippen LogP contribution in [0.2, 0.25) is 0 Å². The van der Waals surface area contributed by atoms with Crippen molar-refractivity contribution < 1.29 is 9.53 Å². The lowest BCUT2D eigenvalue weighted by molar-refractivity contribution is 0.0600. The van der Waals surface area contributed by atoms with E-state index in [0.29, 0.717) is 33.8 Å². The van der Waals surface area contributed by atoms with Gasteiger partial charge in [0.1, 0.15) is 11.1 Å². The van der Waals surface area contributed by atoms with Gasteiger partial charge in [0.2, 0.25) is 5.95 Å². The molecular weight excluding hydrogens is 468 g/mol. The number of hydrogen-bond acceptors (Lipinski definition) is 7. The van der Waals surface area contributed by atoms with Gasteiger partial charge in [0.25, 0.3) is 5.56 Å². The molecule has 1 aliphatic carbocycles. The Balaban J connectivity index is 1.23. The number of esters is 1. The molecule has 2 aromatic heterocycles. The summed E-state index contributed by atoms with van der Waals surface area (Å²) in [6.45, 7) is 5.65. The fourth-order valence-electron chi connectivity index (χ4n) is 5.83. The number of nitrogens with zero attached hydrogens (tertiary/aromatic N) is 3. The number of nitrogens with two attached hydrogens (primary N) is 1. The monoisotopic (exact) mass is 496 g/mol. The molecule has 1 atom stereocenters. The molecule has 0 radical (unpaired) electrons. The summed E-state index contributed by atoms with van der Waals surface area (Å²) >= 11 is 0. The van der Waals surface area contributed by atoms with Gasteiger partial charge in [0, 0.05) is 24.7 Å². The first-order valence-corrected chi connectivity index (χ1v) is 12.3. The Hall–Kier alpha value is -4.24. The average molecular weight is 497 g/mol. The number of methoxy groups -OCH3 is 1. The van der Waals surface area contributed by atoms with E-state index in [9.17, 15) is 9.59 Å². The summed E-state index contributed by atoms with van der Waals surface area (Å²) in [4.78, 5) is 34.7. The highest BCUT2D eigenvalue weighted by Crippen LogP contribution is 2.50. The van der Waals surface area contributed by atoms with Crippen molar-refractivity contribution in [3.05, 3.63) is 93.4 Å². The molecule has 1 spiro atoms. The molecule has 1 saturated heterocycles. The van der Waals surface area contributed by atoms with E-state index < -0.39 is 5.97 Å². The molecule has 9 heteroatoms. The quantitative estimate of drug-likeness (QED) is 0.370. The number of anilines is 1. The molecular formula is C28H28N6O3. The Bertz CT molecular complexity index is 1580. The summed E-state index contributed by atoms with van der Waals surface area (Å²) in [5.41, 5.74) is 11.6. The van der Waals surface area contributed by atoms with Gasteiger partial charge >= 0.3 is 5.97 Å². The Kier molecular flexibility index (Phi) is 5.45. The van der Waals surface area contributed by atoms with Crippen molar-refractivity contribution in [2.45, 2.75) is 25.3 Å². The van der Waals surface area contributed by atoms with E-state index >= 15 is 0 Å². The Morgan fingerprint density at radius 1 is 1.14 bits per heavy atom. The van der Waals surface area contributed by atoms with Crippen molar-refractivity contribution >= 4 is 28.5 Å². The molecule has 2 aliphatic rings. The lowest BCUT2D eigenvalue weighted by Gasteiger charge is -2.42. The molecule has 4 N–H and O–H groups in total. The van der Waals surface area contributed by atoms with Crippen LogP contribution >= 0.6 is 0 Å². The molecule has 4 aromatic rings. The minimum absolute atomic E-state index is 0.0307. The molecule has 188 valence electrons. The zero-order valence-electron chi connectivity index (χ0n) is 20.6. The number of fused-ring (bicyclic) bond motifs is 2. The fraction of sp³-hybridized carbons (Fsp3) is 0.286. The van der Waals surface area contributed by atoms with Gasteiger partial charge in [-0.1, -0.05) is 43.0 Å². The molecule has 6 rings (SSSR count). The second-order valence-corrected chi connectivity index (χ2v) is 9.94. The van der Waals surface area contributed by atoms with Crippen LogP contribution in [0.15, 0.2) is 59.9 Å². The van der Waals surface area contributed by atoms with Crippen LogP contribution in [-0.4, -0.2) is 46.3 Å². The largest absolute Gasteiger partial charge is 0.465 e. The van der Waals surface area contributed by atoms with Crippen LogP contribution in [0, 0.1) is 5.41 Å². The van der Waals surface area contributed by atoms with Crippen LogP contribution in [0.3, 0.4) is 0 Å². The lowest BCUT2D eigenvalue weighted by Crippen LogP contribution is -2.45. The third-order valence-electron chi connectivity index (χ3n) is 8.01. The highest BCUT2D eigenvalue weighted by molar-refractivity contribution is 5.94. The van der Waals surface area contributed by atoms with Gasteiger partial charge in [-0.25, -0.2) is 4.79 Å². The van der Waals surface area contributed by atoms with E-state index in [2.05, 4.69) is 50.9 Å². The number of ether oxygens (including phenoxy) is 1. The number of hydrogen-bond donors (Lipinski definition) is 3. The Morgan fingerprint density at radius 3 is 2.54 bits per heavy atom. The van der Waals surface area contributed by atoms with Crippen molar-refractivity contribution in [2.24, 2.45) is 11.1 Å². The predicted molar refractivity (Wildman–Crippen MR) is 141 cm³/mol. The summed E-state index contributed by atoms with van der Waals surface area (Å²) in [5.74, 6) is 0.110. The summed E-state index contributed by atoms with van der Waals surface area (Å²) in [6, 6.07) is 15.3. The molecule has 1 fully saturated rings. The Morgan fingerprint density at radius 2 is 1.84 bits per heavy atom. The van der Waals surface area contributed by atoms with Gasteiger partial charge in [0.05, 0.1) is 12.7 Å². The average Bonchev–Trinajstić information content (AvgIpc) is 3.48. The van der Waals surface area contributed by atoms with Crippen LogP contribution in [-0.2, 0) is 11.2 Å². The summed E-state index contributed by atoms with van der Waals surface area (Å²) in [5, 5.41) is 7.61. The summed E-state index contributed by atoms with van der Waals surface area (Å²) in [7, 11) is 1.34. The number of benzene rings is 2. The van der Waals surface area contributed by atoms with Crippen molar-refractivity contribution in [1.29, 1.82) is 0 Å². The maximum absolute atomic E-state index is 13.2. The van der Waals surface area contributed by atoms with E-state index in [0.717, 1.165) is 37.9 Å². The minimum atomic E-state index is -0.418. The maximum Gasteiger partial charge on any atom is 0.337 e. The highest BCUT2D eigenvalue weighted by Gasteiger charge is 2.46. The lowest BCUT2D eigenvalue weighted by atomic mass is 9.73. The smallest absolute Gasteiger partial charge is 0.337 e. The Labute approximate surface area is 213 Å². The number of rotatable bonds is 4. The highest BCUT2D eigenvalue weighted by atomic mass is 16.5. The maximum atomic E-state index is 13.2. The van der Waals surface area contributed by atoms with Gasteiger partial charge in [-0.2, -0.15) is 10.1 Å². The second kappa shape index (κ2) is 8.70. The number of carbonyl (C=O) groups excluding carboxylic acids is 1. The standard InChI is InChI=1S/C28H28N6O3/c1-16(17-7-9-18(10-8-17)26(36)37-2)22-21-24(33-32-22)30-27(31-25(21)35)34-13-11-28(12-14-34)15-19-5-3-4-6-20(19)23(28)29/h3-10,23H,1,11-15,29H2,2H3,(H2,30,31,32,33,35)/t23-/m1/s1. The molecule has 3 heterocycles. The van der Waals surface area contributed by atoms with Gasteiger partial charge in [0.15, 0.2) is 5.65 Å². The van der Waals surface area contributed by atoms with E-state index in [1.807, 2.05) is 0 Å². The normalized spacial score (nSPS) is 18.2. The van der Waals surface area contributed by atoms with Crippen LogP contribution in [0.25, 0.3) is 16.6 Å². The predicted octanol–water partition coefficient (Wildman–Crippen LogP) is 3.34. The molecule has 37 heavy (non-hydrogen) atoms. The number of nitrogens with one attached hydrogen (secondary N) is 2. The van der Waals surface area contributed by atoms with E-state index in [1.165, 1.54) is 18.2 Å². The van der Waals surface area contributed by atoms with Gasteiger partial charge in [-0.3, -0.25) is 14.9 Å².